The molecule has 4 aromatic rings. The standard InChI is InChI=1S/C30H26N2O3/c1-30(2)15-14-24(22-16-20-6-4-5-7-27(20)31-18-22)25-17-21(10-13-26(25)30)28(33)32-23-11-8-19(9-12-23)29(34)35-3/h4-14,16-18H,15H2,1-3H3,(H,32,33). The summed E-state index contributed by atoms with van der Waals surface area (Å²) in [5.41, 5.74) is 6.91. The molecule has 5 nitrogen and oxygen atoms in total. The zero-order valence-electron chi connectivity index (χ0n) is 20.0. The molecule has 5 rings (SSSR count). The lowest BCUT2D eigenvalue weighted by Gasteiger charge is -2.32. The Bertz CT molecular complexity index is 1480. The highest BCUT2D eigenvalue weighted by Crippen LogP contribution is 2.42. The summed E-state index contributed by atoms with van der Waals surface area (Å²) < 4.78 is 4.73. The van der Waals surface area contributed by atoms with Gasteiger partial charge in [-0.3, -0.25) is 9.78 Å². The molecule has 1 aliphatic carbocycles. The molecule has 0 aliphatic heterocycles. The molecular formula is C30H26N2O3. The molecule has 0 radical (unpaired) electrons. The molecule has 3 aromatic carbocycles. The molecule has 0 saturated heterocycles. The maximum Gasteiger partial charge on any atom is 0.337 e. The number of carbonyl (C=O) groups excluding carboxylic acids is 2. The first-order valence-electron chi connectivity index (χ1n) is 11.6. The van der Waals surface area contributed by atoms with Crippen LogP contribution in [0.1, 0.15) is 57.7 Å². The Hall–Kier alpha value is -4.25. The summed E-state index contributed by atoms with van der Waals surface area (Å²) in [6.07, 6.45) is 5.06. The first-order chi connectivity index (χ1) is 16.9. The van der Waals surface area contributed by atoms with Crippen LogP contribution in [0, 0.1) is 0 Å². The number of para-hydroxylation sites is 1. The van der Waals surface area contributed by atoms with Gasteiger partial charge in [0.1, 0.15) is 0 Å². The van der Waals surface area contributed by atoms with E-state index in [0.717, 1.165) is 34.0 Å². The minimum absolute atomic E-state index is 0.0398. The van der Waals surface area contributed by atoms with Crippen LogP contribution in [0.5, 0.6) is 0 Å². The minimum atomic E-state index is -0.414. The van der Waals surface area contributed by atoms with Crippen molar-refractivity contribution >= 4 is 34.0 Å². The van der Waals surface area contributed by atoms with Gasteiger partial charge in [0.05, 0.1) is 18.2 Å². The average Bonchev–Trinajstić information content (AvgIpc) is 2.88. The number of ether oxygens (including phenoxy) is 1. The molecule has 0 unspecified atom stereocenters. The number of hydrogen-bond donors (Lipinski definition) is 1. The Morgan fingerprint density at radius 3 is 2.46 bits per heavy atom. The number of esters is 1. The smallest absolute Gasteiger partial charge is 0.337 e. The molecule has 0 saturated carbocycles. The lowest BCUT2D eigenvalue weighted by atomic mass is 9.72. The van der Waals surface area contributed by atoms with Gasteiger partial charge in [-0.05, 0) is 77.1 Å². The molecule has 0 fully saturated rings. The molecule has 0 spiro atoms. The van der Waals surface area contributed by atoms with Gasteiger partial charge in [0, 0.05) is 28.4 Å². The van der Waals surface area contributed by atoms with E-state index in [1.165, 1.54) is 12.7 Å². The summed E-state index contributed by atoms with van der Waals surface area (Å²) in [7, 11) is 1.34. The fourth-order valence-corrected chi connectivity index (χ4v) is 4.58. The normalized spacial score (nSPS) is 14.1. The summed E-state index contributed by atoms with van der Waals surface area (Å²) in [4.78, 5) is 29.4. The lowest BCUT2D eigenvalue weighted by molar-refractivity contribution is 0.0600. The van der Waals surface area contributed by atoms with E-state index in [-0.39, 0.29) is 11.3 Å². The van der Waals surface area contributed by atoms with Gasteiger partial charge in [0.25, 0.3) is 5.91 Å². The molecule has 174 valence electrons. The summed E-state index contributed by atoms with van der Waals surface area (Å²) >= 11 is 0. The molecule has 1 amide bonds. The van der Waals surface area contributed by atoms with Crippen LogP contribution < -0.4 is 5.32 Å². The molecule has 1 aromatic heterocycles. The van der Waals surface area contributed by atoms with E-state index in [4.69, 9.17) is 4.74 Å². The number of aromatic nitrogens is 1. The number of hydrogen-bond acceptors (Lipinski definition) is 4. The van der Waals surface area contributed by atoms with Crippen LogP contribution in [0.15, 0.2) is 85.1 Å². The second kappa shape index (κ2) is 8.84. The number of rotatable bonds is 4. The third-order valence-corrected chi connectivity index (χ3v) is 6.58. The number of anilines is 1. The fourth-order valence-electron chi connectivity index (χ4n) is 4.58. The van der Waals surface area contributed by atoms with E-state index in [1.807, 2.05) is 36.5 Å². The third-order valence-electron chi connectivity index (χ3n) is 6.58. The number of benzene rings is 3. The zero-order chi connectivity index (χ0) is 24.6. The van der Waals surface area contributed by atoms with E-state index < -0.39 is 5.97 Å². The average molecular weight is 463 g/mol. The first kappa shape index (κ1) is 22.5. The van der Waals surface area contributed by atoms with E-state index in [0.29, 0.717) is 16.8 Å². The number of pyridine rings is 1. The highest BCUT2D eigenvalue weighted by atomic mass is 16.5. The highest BCUT2D eigenvalue weighted by molar-refractivity contribution is 6.05. The van der Waals surface area contributed by atoms with Gasteiger partial charge in [0.2, 0.25) is 0 Å². The van der Waals surface area contributed by atoms with Gasteiger partial charge >= 0.3 is 5.97 Å². The second-order valence-corrected chi connectivity index (χ2v) is 9.41. The number of fused-ring (bicyclic) bond motifs is 2. The van der Waals surface area contributed by atoms with Gasteiger partial charge in [-0.25, -0.2) is 4.79 Å². The molecule has 5 heteroatoms. The van der Waals surface area contributed by atoms with E-state index in [1.54, 1.807) is 24.3 Å². The summed E-state index contributed by atoms with van der Waals surface area (Å²) in [5, 5.41) is 4.01. The van der Waals surface area contributed by atoms with Gasteiger partial charge in [-0.15, -0.1) is 0 Å². The number of nitrogens with zero attached hydrogens (tertiary/aromatic N) is 1. The second-order valence-electron chi connectivity index (χ2n) is 9.41. The van der Waals surface area contributed by atoms with Crippen molar-refractivity contribution < 1.29 is 14.3 Å². The number of carbonyl (C=O) groups is 2. The number of methoxy groups -OCH3 is 1. The highest BCUT2D eigenvalue weighted by Gasteiger charge is 2.29. The Morgan fingerprint density at radius 1 is 0.943 bits per heavy atom. The van der Waals surface area contributed by atoms with Crippen LogP contribution in [0.3, 0.4) is 0 Å². The van der Waals surface area contributed by atoms with Crippen LogP contribution in [-0.2, 0) is 10.2 Å². The van der Waals surface area contributed by atoms with E-state index in [2.05, 4.69) is 48.4 Å². The van der Waals surface area contributed by atoms with Gasteiger partial charge in [-0.2, -0.15) is 0 Å². The van der Waals surface area contributed by atoms with Crippen molar-refractivity contribution in [2.75, 3.05) is 12.4 Å². The van der Waals surface area contributed by atoms with Crippen molar-refractivity contribution in [2.45, 2.75) is 25.7 Å². The molecule has 1 aliphatic rings. The first-order valence-corrected chi connectivity index (χ1v) is 11.6. The van der Waals surface area contributed by atoms with E-state index >= 15 is 0 Å². The maximum absolute atomic E-state index is 13.1. The quantitative estimate of drug-likeness (QED) is 0.357. The Kier molecular flexibility index (Phi) is 5.69. The van der Waals surface area contributed by atoms with Gasteiger partial charge in [0.15, 0.2) is 0 Å². The fraction of sp³-hybridized carbons (Fsp3) is 0.167. The van der Waals surface area contributed by atoms with Crippen molar-refractivity contribution in [3.05, 3.63) is 113 Å². The van der Waals surface area contributed by atoms with Gasteiger partial charge < -0.3 is 10.1 Å². The SMILES string of the molecule is COC(=O)c1ccc(NC(=O)c2ccc3c(c2)C(c2cnc4ccccc4c2)=CCC3(C)C)cc1. The largest absolute Gasteiger partial charge is 0.465 e. The van der Waals surface area contributed by atoms with Crippen molar-refractivity contribution in [3.63, 3.8) is 0 Å². The molecule has 35 heavy (non-hydrogen) atoms. The summed E-state index contributed by atoms with van der Waals surface area (Å²) in [6, 6.07) is 22.8. The molecule has 1 heterocycles. The molecule has 1 N–H and O–H groups in total. The minimum Gasteiger partial charge on any atom is -0.465 e. The van der Waals surface area contributed by atoms with Crippen molar-refractivity contribution in [1.29, 1.82) is 0 Å². The number of amides is 1. The zero-order valence-corrected chi connectivity index (χ0v) is 20.0. The topological polar surface area (TPSA) is 68.3 Å². The van der Waals surface area contributed by atoms with Crippen LogP contribution in [-0.4, -0.2) is 24.0 Å². The molecular weight excluding hydrogens is 436 g/mol. The maximum atomic E-state index is 13.1. The predicted octanol–water partition coefficient (Wildman–Crippen LogP) is 6.39. The van der Waals surface area contributed by atoms with Crippen molar-refractivity contribution in [1.82, 2.24) is 4.98 Å². The Balaban J connectivity index is 1.48. The molecule has 0 atom stereocenters. The van der Waals surface area contributed by atoms with Gasteiger partial charge in [-0.1, -0.05) is 44.2 Å². The van der Waals surface area contributed by atoms with Crippen molar-refractivity contribution in [2.24, 2.45) is 0 Å². The van der Waals surface area contributed by atoms with Crippen LogP contribution in [0.25, 0.3) is 16.5 Å². The van der Waals surface area contributed by atoms with Crippen LogP contribution in [0.4, 0.5) is 5.69 Å². The van der Waals surface area contributed by atoms with Crippen LogP contribution in [0.2, 0.25) is 0 Å². The van der Waals surface area contributed by atoms with Crippen LogP contribution >= 0.6 is 0 Å². The Labute approximate surface area is 204 Å². The Morgan fingerprint density at radius 2 is 1.69 bits per heavy atom. The van der Waals surface area contributed by atoms with Crippen molar-refractivity contribution in [3.8, 4) is 0 Å². The number of allylic oxidation sites excluding steroid dienone is 1. The summed E-state index contributed by atoms with van der Waals surface area (Å²) in [6.45, 7) is 4.45. The third kappa shape index (κ3) is 4.33. The number of nitrogens with one attached hydrogen (secondary N) is 1. The lowest BCUT2D eigenvalue weighted by Crippen LogP contribution is -2.23. The monoisotopic (exact) mass is 462 g/mol. The summed E-state index contributed by atoms with van der Waals surface area (Å²) in [5.74, 6) is -0.624. The van der Waals surface area contributed by atoms with E-state index in [9.17, 15) is 9.59 Å². The molecule has 0 bridgehead atoms. The predicted molar refractivity (Wildman–Crippen MR) is 139 cm³/mol.